The van der Waals surface area contributed by atoms with Crippen molar-refractivity contribution in [2.45, 2.75) is 309 Å². The molecule has 0 bridgehead atoms. The Labute approximate surface area is 524 Å². The maximum absolute atomic E-state index is 12.9. The number of carbonyl (C=O) groups excluding carboxylic acids is 3. The van der Waals surface area contributed by atoms with Crippen LogP contribution in [-0.4, -0.2) is 82.3 Å². The molecule has 9 nitrogen and oxygen atoms in total. The number of carboxylic acid groups (broad SMARTS) is 1. The van der Waals surface area contributed by atoms with Gasteiger partial charge >= 0.3 is 11.9 Å². The van der Waals surface area contributed by atoms with Crippen molar-refractivity contribution in [1.29, 1.82) is 0 Å². The lowest BCUT2D eigenvalue weighted by Gasteiger charge is -2.26. The molecule has 0 heterocycles. The summed E-state index contributed by atoms with van der Waals surface area (Å²) < 4.78 is 22.8. The van der Waals surface area contributed by atoms with Crippen molar-refractivity contribution < 1.29 is 42.9 Å². The molecule has 0 aliphatic heterocycles. The van der Waals surface area contributed by atoms with Crippen LogP contribution in [0.25, 0.3) is 0 Å². The summed E-state index contributed by atoms with van der Waals surface area (Å²) in [6.45, 7) is 4.65. The standard InChI is InChI=1S/C76H131NO8/c1-6-8-10-12-14-16-18-20-22-24-26-28-29-30-31-32-33-34-35-36-37-38-39-40-41-42-43-44-45-47-49-51-53-55-57-59-61-63-65-67-74(79)85-72(71-84-76(75(80)81)82-69-68-77(3,4)5)70-83-73(78)66-64-62-60-58-56-54-52-50-48-46-27-25-23-21-19-17-15-13-11-9-7-2/h8,10,14,16,20,22,25-28,30-31,33-34,36-37,39-40,72,76H,6-7,9,11-13,15,17-19,21,23-24,29,32,35,38,41-71H2,1-5H3/b10-8-,16-14-,22-20-,27-25-,28-26-,31-30-,34-33-,37-36-,40-39-. The highest BCUT2D eigenvalue weighted by Gasteiger charge is 2.22. The first-order valence-electron chi connectivity index (χ1n) is 35.0. The van der Waals surface area contributed by atoms with Crippen LogP contribution in [0, 0.1) is 0 Å². The number of carboxylic acids is 1. The molecule has 488 valence electrons. The molecule has 2 atom stereocenters. The van der Waals surface area contributed by atoms with Gasteiger partial charge in [0.2, 0.25) is 0 Å². The zero-order valence-electron chi connectivity index (χ0n) is 55.7. The Morgan fingerprint density at radius 3 is 1.01 bits per heavy atom. The quantitative estimate of drug-likeness (QED) is 0.0195. The molecular formula is C76H131NO8. The zero-order valence-corrected chi connectivity index (χ0v) is 55.7. The molecule has 9 heteroatoms. The summed E-state index contributed by atoms with van der Waals surface area (Å²) in [6, 6.07) is 0. The average molecular weight is 1190 g/mol. The van der Waals surface area contributed by atoms with Crippen molar-refractivity contribution in [2.24, 2.45) is 0 Å². The second-order valence-corrected chi connectivity index (χ2v) is 24.4. The minimum atomic E-state index is -1.63. The highest BCUT2D eigenvalue weighted by molar-refractivity contribution is 5.70. The molecule has 0 saturated carbocycles. The van der Waals surface area contributed by atoms with E-state index in [0.717, 1.165) is 89.9 Å². The number of allylic oxidation sites excluding steroid dienone is 18. The maximum Gasteiger partial charge on any atom is 0.306 e. The summed E-state index contributed by atoms with van der Waals surface area (Å²) in [4.78, 5) is 37.5. The largest absolute Gasteiger partial charge is 0.545 e. The molecule has 0 aliphatic rings. The number of rotatable bonds is 64. The number of hydrogen-bond donors (Lipinski definition) is 0. The van der Waals surface area contributed by atoms with E-state index in [1.165, 1.54) is 173 Å². The number of ether oxygens (including phenoxy) is 4. The lowest BCUT2D eigenvalue weighted by atomic mass is 10.0. The van der Waals surface area contributed by atoms with E-state index in [-0.39, 0.29) is 38.6 Å². The third kappa shape index (κ3) is 67.3. The molecule has 0 saturated heterocycles. The Morgan fingerprint density at radius 2 is 0.671 bits per heavy atom. The topological polar surface area (TPSA) is 111 Å². The number of hydrogen-bond acceptors (Lipinski definition) is 8. The predicted molar refractivity (Wildman–Crippen MR) is 361 cm³/mol. The molecule has 0 radical (unpaired) electrons. The molecule has 2 unspecified atom stereocenters. The van der Waals surface area contributed by atoms with Crippen molar-refractivity contribution >= 4 is 17.9 Å². The molecule has 0 aromatic rings. The molecule has 0 fully saturated rings. The molecule has 0 amide bonds. The molecular weight excluding hydrogens is 1050 g/mol. The van der Waals surface area contributed by atoms with Crippen molar-refractivity contribution in [2.75, 3.05) is 47.5 Å². The Hall–Kier alpha value is -4.05. The van der Waals surface area contributed by atoms with Crippen LogP contribution in [0.3, 0.4) is 0 Å². The molecule has 0 aromatic carbocycles. The van der Waals surface area contributed by atoms with Crippen molar-refractivity contribution in [3.63, 3.8) is 0 Å². The monoisotopic (exact) mass is 1190 g/mol. The molecule has 0 aromatic heterocycles. The van der Waals surface area contributed by atoms with Gasteiger partial charge in [-0.2, -0.15) is 0 Å². The first-order chi connectivity index (χ1) is 41.6. The Balaban J connectivity index is 4.10. The van der Waals surface area contributed by atoms with Gasteiger partial charge in [-0.3, -0.25) is 9.59 Å². The van der Waals surface area contributed by atoms with E-state index in [1.807, 2.05) is 21.1 Å². The van der Waals surface area contributed by atoms with Crippen molar-refractivity contribution in [1.82, 2.24) is 0 Å². The van der Waals surface area contributed by atoms with Gasteiger partial charge in [-0.25, -0.2) is 0 Å². The number of esters is 2. The smallest absolute Gasteiger partial charge is 0.306 e. The Kier molecular flexibility index (Phi) is 62.8. The van der Waals surface area contributed by atoms with Gasteiger partial charge in [0.05, 0.1) is 40.3 Å². The van der Waals surface area contributed by atoms with E-state index < -0.39 is 24.3 Å². The second-order valence-electron chi connectivity index (χ2n) is 24.4. The number of aliphatic carboxylic acids is 1. The minimum absolute atomic E-state index is 0.145. The van der Waals surface area contributed by atoms with Gasteiger partial charge in [-0.15, -0.1) is 0 Å². The van der Waals surface area contributed by atoms with Gasteiger partial charge in [-0.05, 0) is 103 Å². The van der Waals surface area contributed by atoms with Gasteiger partial charge in [0.25, 0.3) is 0 Å². The number of likely N-dealkylation sites (N-methyl/N-ethyl adjacent to an activating group) is 1. The van der Waals surface area contributed by atoms with Gasteiger partial charge in [0.1, 0.15) is 13.2 Å². The van der Waals surface area contributed by atoms with E-state index in [2.05, 4.69) is 123 Å². The minimum Gasteiger partial charge on any atom is -0.545 e. The predicted octanol–water partition coefficient (Wildman–Crippen LogP) is 20.5. The van der Waals surface area contributed by atoms with Gasteiger partial charge in [0.15, 0.2) is 12.4 Å². The normalized spacial score (nSPS) is 13.4. The molecule has 0 spiro atoms. The maximum atomic E-state index is 12.9. The molecule has 85 heavy (non-hydrogen) atoms. The lowest BCUT2D eigenvalue weighted by Crippen LogP contribution is -2.44. The van der Waals surface area contributed by atoms with E-state index in [0.29, 0.717) is 17.4 Å². The second kappa shape index (κ2) is 65.9. The molecule has 0 rings (SSSR count). The van der Waals surface area contributed by atoms with Crippen LogP contribution in [0.5, 0.6) is 0 Å². The summed E-state index contributed by atoms with van der Waals surface area (Å²) in [5.41, 5.74) is 0. The first kappa shape index (κ1) is 81.0. The van der Waals surface area contributed by atoms with E-state index >= 15 is 0 Å². The summed E-state index contributed by atoms with van der Waals surface area (Å²) >= 11 is 0. The lowest BCUT2D eigenvalue weighted by molar-refractivity contribution is -0.870. The number of nitrogens with zero attached hydrogens (tertiary/aromatic N) is 1. The van der Waals surface area contributed by atoms with Crippen LogP contribution < -0.4 is 5.11 Å². The van der Waals surface area contributed by atoms with Crippen LogP contribution in [0.1, 0.15) is 296 Å². The third-order valence-corrected chi connectivity index (χ3v) is 15.0. The van der Waals surface area contributed by atoms with E-state index in [1.54, 1.807) is 0 Å². The van der Waals surface area contributed by atoms with Gasteiger partial charge in [-0.1, -0.05) is 290 Å². The SMILES string of the molecule is CC/C=C\C/C=C\C/C=C\C/C=C\C/C=C\C/C=C\C/C=C\C/C=C\CCCCCCCCCCCCCCCCC(=O)OC(COC(=O)CCCCCCCCCCC/C=C\CCCCCCCCCC)COC(OCC[N+](C)(C)C)C(=O)[O-]. The first-order valence-corrected chi connectivity index (χ1v) is 35.0. The van der Waals surface area contributed by atoms with E-state index in [9.17, 15) is 19.5 Å². The Morgan fingerprint density at radius 1 is 0.365 bits per heavy atom. The van der Waals surface area contributed by atoms with Crippen LogP contribution in [0.2, 0.25) is 0 Å². The van der Waals surface area contributed by atoms with Crippen LogP contribution >= 0.6 is 0 Å². The molecule has 0 N–H and O–H groups in total. The zero-order chi connectivity index (χ0) is 61.9. The fourth-order valence-corrected chi connectivity index (χ4v) is 9.67. The number of unbranched alkanes of at least 4 members (excludes halogenated alkanes) is 31. The third-order valence-electron chi connectivity index (χ3n) is 15.0. The van der Waals surface area contributed by atoms with Crippen LogP contribution in [-0.2, 0) is 33.3 Å². The summed E-state index contributed by atoms with van der Waals surface area (Å²) in [5, 5.41) is 11.8. The Bertz CT molecular complexity index is 1760. The number of carbonyl (C=O) groups is 3. The average Bonchev–Trinajstić information content (AvgIpc) is 3.49. The summed E-state index contributed by atoms with van der Waals surface area (Å²) in [6.07, 6.45) is 88.8. The van der Waals surface area contributed by atoms with Crippen molar-refractivity contribution in [3.05, 3.63) is 109 Å². The highest BCUT2D eigenvalue weighted by Crippen LogP contribution is 2.17. The fraction of sp³-hybridized carbons (Fsp3) is 0.724. The molecule has 0 aliphatic carbocycles. The summed E-state index contributed by atoms with van der Waals surface area (Å²) in [5.74, 6) is -2.28. The highest BCUT2D eigenvalue weighted by atomic mass is 16.7. The fourth-order valence-electron chi connectivity index (χ4n) is 9.67. The van der Waals surface area contributed by atoms with Gasteiger partial charge < -0.3 is 33.3 Å². The van der Waals surface area contributed by atoms with Crippen molar-refractivity contribution in [3.8, 4) is 0 Å². The van der Waals surface area contributed by atoms with Crippen LogP contribution in [0.15, 0.2) is 109 Å². The number of quaternary nitrogens is 1. The van der Waals surface area contributed by atoms with E-state index in [4.69, 9.17) is 18.9 Å². The van der Waals surface area contributed by atoms with Crippen LogP contribution in [0.4, 0.5) is 0 Å². The van der Waals surface area contributed by atoms with Gasteiger partial charge in [0, 0.05) is 12.8 Å². The summed E-state index contributed by atoms with van der Waals surface area (Å²) in [7, 11) is 5.93.